The van der Waals surface area contributed by atoms with E-state index in [1.54, 1.807) is 0 Å². The lowest BCUT2D eigenvalue weighted by molar-refractivity contribution is -0.137. The quantitative estimate of drug-likeness (QED) is 0.887. The van der Waals surface area contributed by atoms with Crippen LogP contribution in [0.4, 0.5) is 4.39 Å². The first-order chi connectivity index (χ1) is 8.89. The third-order valence-corrected chi connectivity index (χ3v) is 3.82. The first kappa shape index (κ1) is 13.8. The van der Waals surface area contributed by atoms with Crippen molar-refractivity contribution < 1.29 is 19.0 Å². The van der Waals surface area contributed by atoms with Gasteiger partial charge in [0.1, 0.15) is 11.6 Å². The van der Waals surface area contributed by atoms with Crippen molar-refractivity contribution in [2.24, 2.45) is 0 Å². The topological polar surface area (TPSA) is 46.5 Å². The highest BCUT2D eigenvalue weighted by molar-refractivity contribution is 5.70. The second kappa shape index (κ2) is 4.83. The summed E-state index contributed by atoms with van der Waals surface area (Å²) in [4.78, 5) is 11.0. The second-order valence-corrected chi connectivity index (χ2v) is 5.57. The van der Waals surface area contributed by atoms with E-state index in [0.29, 0.717) is 5.75 Å². The molecule has 1 aliphatic carbocycles. The lowest BCUT2D eigenvalue weighted by Crippen LogP contribution is -2.17. The van der Waals surface area contributed by atoms with Gasteiger partial charge in [0, 0.05) is 17.0 Å². The third-order valence-electron chi connectivity index (χ3n) is 3.82. The van der Waals surface area contributed by atoms with E-state index in [9.17, 15) is 9.18 Å². The second-order valence-electron chi connectivity index (χ2n) is 5.57. The number of hydrogen-bond donors (Lipinski definition) is 1. The van der Waals surface area contributed by atoms with E-state index in [-0.39, 0.29) is 18.2 Å². The summed E-state index contributed by atoms with van der Waals surface area (Å²) in [6.07, 6.45) is 1.65. The van der Waals surface area contributed by atoms with Crippen LogP contribution in [0.2, 0.25) is 0 Å². The minimum absolute atomic E-state index is 0.0549. The van der Waals surface area contributed by atoms with Gasteiger partial charge < -0.3 is 9.84 Å². The lowest BCUT2D eigenvalue weighted by atomic mass is 9.84. The Bertz CT molecular complexity index is 504. The first-order valence-electron chi connectivity index (χ1n) is 6.49. The molecule has 0 saturated heterocycles. The molecule has 2 rings (SSSR count). The average Bonchev–Trinajstić information content (AvgIpc) is 3.07. The molecule has 0 unspecified atom stereocenters. The summed E-state index contributed by atoms with van der Waals surface area (Å²) < 4.78 is 19.0. The van der Waals surface area contributed by atoms with Crippen LogP contribution in [-0.4, -0.2) is 18.2 Å². The molecule has 0 aliphatic heterocycles. The molecule has 1 aromatic rings. The summed E-state index contributed by atoms with van der Waals surface area (Å²) in [5.74, 6) is -0.526. The van der Waals surface area contributed by atoms with Gasteiger partial charge in [-0.3, -0.25) is 4.79 Å². The van der Waals surface area contributed by atoms with Gasteiger partial charge in [-0.05, 0) is 30.4 Å². The van der Waals surface area contributed by atoms with Crippen LogP contribution in [0.25, 0.3) is 0 Å². The molecule has 0 aromatic heterocycles. The van der Waals surface area contributed by atoms with E-state index >= 15 is 0 Å². The zero-order valence-corrected chi connectivity index (χ0v) is 11.5. The fraction of sp³-hybridized carbons (Fsp3) is 0.533. The maximum Gasteiger partial charge on any atom is 0.304 e. The molecule has 0 bridgehead atoms. The molecule has 1 N–H and O–H groups in total. The maximum absolute atomic E-state index is 13.7. The Morgan fingerprint density at radius 2 is 2.11 bits per heavy atom. The fourth-order valence-corrected chi connectivity index (χ4v) is 2.78. The van der Waals surface area contributed by atoms with Crippen LogP contribution in [0, 0.1) is 5.82 Å². The number of halogens is 1. The van der Waals surface area contributed by atoms with Gasteiger partial charge in [0.2, 0.25) is 0 Å². The minimum atomic E-state index is -0.838. The van der Waals surface area contributed by atoms with Crippen molar-refractivity contribution in [3.05, 3.63) is 29.1 Å². The highest BCUT2D eigenvalue weighted by atomic mass is 19.1. The minimum Gasteiger partial charge on any atom is -0.496 e. The number of hydrogen-bond acceptors (Lipinski definition) is 2. The van der Waals surface area contributed by atoms with Gasteiger partial charge in [0.05, 0.1) is 13.5 Å². The highest BCUT2D eigenvalue weighted by Gasteiger charge is 2.48. The number of carboxylic acid groups (broad SMARTS) is 1. The van der Waals surface area contributed by atoms with Gasteiger partial charge in [-0.15, -0.1) is 0 Å². The Labute approximate surface area is 112 Å². The summed E-state index contributed by atoms with van der Waals surface area (Å²) in [5.41, 5.74) is 1.34. The van der Waals surface area contributed by atoms with Gasteiger partial charge in [-0.1, -0.05) is 13.8 Å². The Hall–Kier alpha value is -1.58. The van der Waals surface area contributed by atoms with Crippen LogP contribution in [0.1, 0.15) is 50.2 Å². The molecule has 1 aromatic carbocycles. The fourth-order valence-electron chi connectivity index (χ4n) is 2.78. The number of ether oxygens (including phenoxy) is 1. The summed E-state index contributed by atoms with van der Waals surface area (Å²) in [6.45, 7) is 4.02. The van der Waals surface area contributed by atoms with Crippen molar-refractivity contribution in [1.29, 1.82) is 0 Å². The van der Waals surface area contributed by atoms with E-state index in [1.807, 2.05) is 13.8 Å². The van der Waals surface area contributed by atoms with E-state index in [0.717, 1.165) is 24.0 Å². The standard InChI is InChI=1S/C15H19FO3/c1-9(2)14-11(6-10(16)7-12(14)19-3)15(4-5-15)8-13(17)18/h6-7,9H,4-5,8H2,1-3H3,(H,17,18). The number of aliphatic carboxylic acids is 1. The zero-order valence-electron chi connectivity index (χ0n) is 11.5. The average molecular weight is 266 g/mol. The summed E-state index contributed by atoms with van der Waals surface area (Å²) in [7, 11) is 1.52. The maximum atomic E-state index is 13.7. The Balaban J connectivity index is 2.55. The number of rotatable bonds is 5. The van der Waals surface area contributed by atoms with Crippen molar-refractivity contribution in [3.63, 3.8) is 0 Å². The van der Waals surface area contributed by atoms with E-state index in [4.69, 9.17) is 9.84 Å². The molecule has 0 atom stereocenters. The molecule has 104 valence electrons. The Kier molecular flexibility index (Phi) is 3.52. The normalized spacial score (nSPS) is 16.5. The van der Waals surface area contributed by atoms with Gasteiger partial charge in [-0.2, -0.15) is 0 Å². The van der Waals surface area contributed by atoms with Crippen molar-refractivity contribution in [3.8, 4) is 5.75 Å². The monoisotopic (exact) mass is 266 g/mol. The Morgan fingerprint density at radius 1 is 1.47 bits per heavy atom. The highest BCUT2D eigenvalue weighted by Crippen LogP contribution is 2.54. The molecule has 1 fully saturated rings. The van der Waals surface area contributed by atoms with Crippen LogP contribution in [-0.2, 0) is 10.2 Å². The molecule has 0 heterocycles. The van der Waals surface area contributed by atoms with Crippen LogP contribution in [0.3, 0.4) is 0 Å². The van der Waals surface area contributed by atoms with E-state index in [1.165, 1.54) is 19.2 Å². The molecule has 3 nitrogen and oxygen atoms in total. The third kappa shape index (κ3) is 2.57. The predicted octanol–water partition coefficient (Wildman–Crippen LogP) is 3.46. The van der Waals surface area contributed by atoms with Gasteiger partial charge >= 0.3 is 5.97 Å². The molecular weight excluding hydrogens is 247 g/mol. The Morgan fingerprint density at radius 3 is 2.53 bits per heavy atom. The molecule has 0 radical (unpaired) electrons. The number of benzene rings is 1. The number of methoxy groups -OCH3 is 1. The smallest absolute Gasteiger partial charge is 0.304 e. The lowest BCUT2D eigenvalue weighted by Gasteiger charge is -2.23. The zero-order chi connectivity index (χ0) is 14.2. The van der Waals surface area contributed by atoms with Crippen LogP contribution in [0.15, 0.2) is 12.1 Å². The van der Waals surface area contributed by atoms with Crippen molar-refractivity contribution in [2.45, 2.75) is 44.4 Å². The number of carboxylic acids is 1. The van der Waals surface area contributed by atoms with E-state index < -0.39 is 11.4 Å². The van der Waals surface area contributed by atoms with Gasteiger partial charge in [0.25, 0.3) is 0 Å². The van der Waals surface area contributed by atoms with Crippen molar-refractivity contribution in [1.82, 2.24) is 0 Å². The first-order valence-corrected chi connectivity index (χ1v) is 6.49. The summed E-state index contributed by atoms with van der Waals surface area (Å²) in [5, 5.41) is 9.05. The van der Waals surface area contributed by atoms with Crippen molar-refractivity contribution in [2.75, 3.05) is 7.11 Å². The van der Waals surface area contributed by atoms with Crippen LogP contribution >= 0.6 is 0 Å². The molecule has 0 amide bonds. The number of carbonyl (C=O) groups is 1. The molecule has 1 aliphatic rings. The summed E-state index contributed by atoms with van der Waals surface area (Å²) in [6, 6.07) is 2.85. The molecule has 1 saturated carbocycles. The van der Waals surface area contributed by atoms with E-state index in [2.05, 4.69) is 0 Å². The molecule has 4 heteroatoms. The predicted molar refractivity (Wildman–Crippen MR) is 70.2 cm³/mol. The van der Waals surface area contributed by atoms with Gasteiger partial charge in [-0.25, -0.2) is 4.39 Å². The molecule has 19 heavy (non-hydrogen) atoms. The SMILES string of the molecule is COc1cc(F)cc(C2(CC(=O)O)CC2)c1C(C)C. The van der Waals surface area contributed by atoms with Crippen molar-refractivity contribution >= 4 is 5.97 Å². The molecule has 0 spiro atoms. The largest absolute Gasteiger partial charge is 0.496 e. The van der Waals surface area contributed by atoms with Crippen LogP contribution < -0.4 is 4.74 Å². The van der Waals surface area contributed by atoms with Gasteiger partial charge in [0.15, 0.2) is 0 Å². The summed E-state index contributed by atoms with van der Waals surface area (Å²) >= 11 is 0. The molecular formula is C15H19FO3. The van der Waals surface area contributed by atoms with Crippen LogP contribution in [0.5, 0.6) is 5.75 Å².